The first-order valence-electron chi connectivity index (χ1n) is 8.11. The Bertz CT molecular complexity index is 946. The fourth-order valence-electron chi connectivity index (χ4n) is 2.87. The first-order valence-corrected chi connectivity index (χ1v) is 8.90. The highest BCUT2D eigenvalue weighted by Crippen LogP contribution is 2.34. The minimum atomic E-state index is -0.518. The van der Waals surface area contributed by atoms with E-state index in [0.717, 1.165) is 5.56 Å². The molecule has 1 aliphatic heterocycles. The number of nitrogens with one attached hydrogen (secondary N) is 3. The van der Waals surface area contributed by atoms with Crippen molar-refractivity contribution < 1.29 is 14.6 Å². The summed E-state index contributed by atoms with van der Waals surface area (Å²) in [6.07, 6.45) is 0. The van der Waals surface area contributed by atoms with Crippen LogP contribution in [0.4, 0.5) is 5.69 Å². The van der Waals surface area contributed by atoms with Crippen molar-refractivity contribution in [3.05, 3.63) is 64.3 Å². The standard InChI is InChI=1S/C19H18ClN3O3S/c1-10-16(18(25)22-13-6-4-3-5-12(13)20)17(23-19(27)21-10)11-7-8-14(24)15(9-11)26-2/h3-9,17,24H,1-2H3,(H,22,25)(H2,21,23,27)/t17-/m1/s1. The number of para-hydroxylation sites is 1. The molecule has 2 aromatic rings. The van der Waals surface area contributed by atoms with E-state index in [1.54, 1.807) is 43.3 Å². The quantitative estimate of drug-likeness (QED) is 0.585. The van der Waals surface area contributed by atoms with Crippen molar-refractivity contribution in [1.82, 2.24) is 10.6 Å². The number of allylic oxidation sites excluding steroid dienone is 1. The van der Waals surface area contributed by atoms with Crippen molar-refractivity contribution in [1.29, 1.82) is 0 Å². The molecule has 0 saturated heterocycles. The SMILES string of the molecule is COc1cc([C@H]2NC(=S)NC(C)=C2C(=O)Nc2ccccc2Cl)ccc1O. The molecule has 0 radical (unpaired) electrons. The fourth-order valence-corrected chi connectivity index (χ4v) is 3.32. The van der Waals surface area contributed by atoms with Crippen molar-refractivity contribution in [3.63, 3.8) is 0 Å². The van der Waals surface area contributed by atoms with E-state index >= 15 is 0 Å². The van der Waals surface area contributed by atoms with E-state index in [1.807, 2.05) is 0 Å². The molecule has 4 N–H and O–H groups in total. The Morgan fingerprint density at radius 3 is 2.74 bits per heavy atom. The van der Waals surface area contributed by atoms with E-state index in [-0.39, 0.29) is 11.7 Å². The van der Waals surface area contributed by atoms with Crippen LogP contribution in [-0.2, 0) is 4.79 Å². The maximum Gasteiger partial charge on any atom is 0.255 e. The van der Waals surface area contributed by atoms with E-state index in [2.05, 4.69) is 16.0 Å². The third-order valence-corrected chi connectivity index (χ3v) is 4.72. The second kappa shape index (κ2) is 7.85. The summed E-state index contributed by atoms with van der Waals surface area (Å²) in [6, 6.07) is 11.4. The summed E-state index contributed by atoms with van der Waals surface area (Å²) in [5.41, 5.74) is 2.31. The maximum atomic E-state index is 13.0. The van der Waals surface area contributed by atoms with Crippen LogP contribution in [0.5, 0.6) is 11.5 Å². The molecule has 3 rings (SSSR count). The second-order valence-corrected chi connectivity index (χ2v) is 6.75. The summed E-state index contributed by atoms with van der Waals surface area (Å²) < 4.78 is 5.18. The topological polar surface area (TPSA) is 82.6 Å². The lowest BCUT2D eigenvalue weighted by atomic mass is 9.94. The summed E-state index contributed by atoms with van der Waals surface area (Å²) in [7, 11) is 1.46. The molecule has 1 heterocycles. The van der Waals surface area contributed by atoms with Gasteiger partial charge >= 0.3 is 0 Å². The molecule has 1 aliphatic rings. The van der Waals surface area contributed by atoms with E-state index in [9.17, 15) is 9.90 Å². The lowest BCUT2D eigenvalue weighted by molar-refractivity contribution is -0.113. The van der Waals surface area contributed by atoms with Crippen LogP contribution >= 0.6 is 23.8 Å². The number of halogens is 1. The molecule has 8 heteroatoms. The van der Waals surface area contributed by atoms with Crippen molar-refractivity contribution in [2.24, 2.45) is 0 Å². The molecular weight excluding hydrogens is 386 g/mol. The number of hydrogen-bond acceptors (Lipinski definition) is 4. The summed E-state index contributed by atoms with van der Waals surface area (Å²) in [5.74, 6) is 0.00272. The minimum absolute atomic E-state index is 0.0144. The number of ether oxygens (including phenoxy) is 1. The van der Waals surface area contributed by atoms with Crippen LogP contribution in [-0.4, -0.2) is 23.2 Å². The molecule has 0 unspecified atom stereocenters. The van der Waals surface area contributed by atoms with Gasteiger partial charge in [-0.05, 0) is 49.0 Å². The molecule has 0 spiro atoms. The molecule has 2 aromatic carbocycles. The van der Waals surface area contributed by atoms with Gasteiger partial charge in [-0.1, -0.05) is 29.8 Å². The van der Waals surface area contributed by atoms with Crippen LogP contribution < -0.4 is 20.7 Å². The van der Waals surface area contributed by atoms with Gasteiger partial charge in [-0.3, -0.25) is 4.79 Å². The van der Waals surface area contributed by atoms with E-state index < -0.39 is 6.04 Å². The van der Waals surface area contributed by atoms with Crippen molar-refractivity contribution in [2.45, 2.75) is 13.0 Å². The second-order valence-electron chi connectivity index (χ2n) is 5.94. The molecule has 0 aliphatic carbocycles. The molecule has 6 nitrogen and oxygen atoms in total. The van der Waals surface area contributed by atoms with Gasteiger partial charge in [0.15, 0.2) is 16.6 Å². The average molecular weight is 404 g/mol. The molecule has 0 aromatic heterocycles. The van der Waals surface area contributed by atoms with Crippen LogP contribution in [0, 0.1) is 0 Å². The fraction of sp³-hybridized carbons (Fsp3) is 0.158. The Hall–Kier alpha value is -2.77. The molecule has 1 atom stereocenters. The zero-order valence-electron chi connectivity index (χ0n) is 14.7. The van der Waals surface area contributed by atoms with Gasteiger partial charge in [0.25, 0.3) is 5.91 Å². The predicted octanol–water partition coefficient (Wildman–Crippen LogP) is 3.49. The van der Waals surface area contributed by atoms with Crippen LogP contribution in [0.15, 0.2) is 53.7 Å². The number of carbonyl (C=O) groups excluding carboxylic acids is 1. The molecule has 27 heavy (non-hydrogen) atoms. The van der Waals surface area contributed by atoms with Gasteiger partial charge in [0.1, 0.15) is 0 Å². The number of aromatic hydroxyl groups is 1. The average Bonchev–Trinajstić information content (AvgIpc) is 2.63. The normalized spacial score (nSPS) is 16.4. The summed E-state index contributed by atoms with van der Waals surface area (Å²) in [6.45, 7) is 1.78. The number of hydrogen-bond donors (Lipinski definition) is 4. The van der Waals surface area contributed by atoms with Gasteiger partial charge in [0, 0.05) is 5.70 Å². The number of methoxy groups -OCH3 is 1. The molecule has 1 amide bonds. The van der Waals surface area contributed by atoms with E-state index in [4.69, 9.17) is 28.6 Å². The van der Waals surface area contributed by atoms with Gasteiger partial charge in [-0.2, -0.15) is 0 Å². The lowest BCUT2D eigenvalue weighted by Crippen LogP contribution is -2.45. The highest BCUT2D eigenvalue weighted by atomic mass is 35.5. The number of benzene rings is 2. The number of amides is 1. The first-order chi connectivity index (χ1) is 12.9. The molecule has 0 fully saturated rings. The van der Waals surface area contributed by atoms with Gasteiger partial charge in [-0.25, -0.2) is 0 Å². The van der Waals surface area contributed by atoms with E-state index in [1.165, 1.54) is 13.2 Å². The summed E-state index contributed by atoms with van der Waals surface area (Å²) in [5, 5.41) is 19.6. The monoisotopic (exact) mass is 403 g/mol. The number of anilines is 1. The number of rotatable bonds is 4. The predicted molar refractivity (Wildman–Crippen MR) is 109 cm³/mol. The highest BCUT2D eigenvalue weighted by Gasteiger charge is 2.30. The smallest absolute Gasteiger partial charge is 0.255 e. The highest BCUT2D eigenvalue weighted by molar-refractivity contribution is 7.80. The van der Waals surface area contributed by atoms with Crippen LogP contribution in [0.1, 0.15) is 18.5 Å². The van der Waals surface area contributed by atoms with Crippen LogP contribution in [0.2, 0.25) is 5.02 Å². The Balaban J connectivity index is 1.99. The Morgan fingerprint density at radius 1 is 1.30 bits per heavy atom. The zero-order valence-corrected chi connectivity index (χ0v) is 16.2. The van der Waals surface area contributed by atoms with Crippen LogP contribution in [0.25, 0.3) is 0 Å². The molecular formula is C19H18ClN3O3S. The van der Waals surface area contributed by atoms with Crippen molar-refractivity contribution >= 4 is 40.5 Å². The maximum absolute atomic E-state index is 13.0. The third kappa shape index (κ3) is 3.99. The van der Waals surface area contributed by atoms with Gasteiger partial charge in [0.2, 0.25) is 0 Å². The van der Waals surface area contributed by atoms with Crippen molar-refractivity contribution in [2.75, 3.05) is 12.4 Å². The number of phenols is 1. The molecule has 140 valence electrons. The summed E-state index contributed by atoms with van der Waals surface area (Å²) in [4.78, 5) is 13.0. The van der Waals surface area contributed by atoms with Gasteiger partial charge in [-0.15, -0.1) is 0 Å². The zero-order chi connectivity index (χ0) is 19.6. The lowest BCUT2D eigenvalue weighted by Gasteiger charge is -2.30. The number of carbonyl (C=O) groups is 1. The molecule has 0 bridgehead atoms. The van der Waals surface area contributed by atoms with E-state index in [0.29, 0.717) is 32.8 Å². The minimum Gasteiger partial charge on any atom is -0.504 e. The number of phenolic OH excluding ortho intramolecular Hbond substituents is 1. The molecule has 0 saturated carbocycles. The third-order valence-electron chi connectivity index (χ3n) is 4.17. The van der Waals surface area contributed by atoms with Gasteiger partial charge < -0.3 is 25.8 Å². The summed E-state index contributed by atoms with van der Waals surface area (Å²) >= 11 is 11.4. The Kier molecular flexibility index (Phi) is 5.53. The Morgan fingerprint density at radius 2 is 2.04 bits per heavy atom. The van der Waals surface area contributed by atoms with Crippen LogP contribution in [0.3, 0.4) is 0 Å². The van der Waals surface area contributed by atoms with Gasteiger partial charge in [0.05, 0.1) is 29.4 Å². The Labute approximate surface area is 167 Å². The first kappa shape index (κ1) is 19.0. The van der Waals surface area contributed by atoms with Crippen molar-refractivity contribution in [3.8, 4) is 11.5 Å². The largest absolute Gasteiger partial charge is 0.504 e. The number of thiocarbonyl (C=S) groups is 1.